The van der Waals surface area contributed by atoms with Crippen LogP contribution in [0.3, 0.4) is 0 Å². The van der Waals surface area contributed by atoms with Crippen LogP contribution in [0.2, 0.25) is 0 Å². The average molecular weight is 653 g/mol. The molecule has 46 heavy (non-hydrogen) atoms. The number of hydrazine groups is 1. The van der Waals surface area contributed by atoms with E-state index in [0.29, 0.717) is 29.2 Å². The zero-order valence-corrected chi connectivity index (χ0v) is 27.3. The van der Waals surface area contributed by atoms with Crippen molar-refractivity contribution in [2.75, 3.05) is 5.75 Å². The van der Waals surface area contributed by atoms with Crippen molar-refractivity contribution in [1.82, 2.24) is 26.1 Å². The molecule has 7 N–H and O–H groups in total. The number of carbonyl (C=O) groups is 4. The van der Waals surface area contributed by atoms with E-state index >= 15 is 0 Å². The molecule has 7 atom stereocenters. The minimum absolute atomic E-state index is 0.0194. The van der Waals surface area contributed by atoms with Gasteiger partial charge in [-0.3, -0.25) is 24.2 Å². The number of nitrogens with one attached hydrogen (secondary N) is 4. The average Bonchev–Trinajstić information content (AvgIpc) is 3.84. The summed E-state index contributed by atoms with van der Waals surface area (Å²) >= 11 is 1.34. The third kappa shape index (κ3) is 5.47. The highest BCUT2D eigenvalue weighted by atomic mass is 32.2. The van der Waals surface area contributed by atoms with Gasteiger partial charge in [0, 0.05) is 53.6 Å². The van der Waals surface area contributed by atoms with Gasteiger partial charge < -0.3 is 30.9 Å². The number of aromatic amines is 1. The standard InChI is InChI=1S/C33H41N5O7S/c1-6-18-14(2)21(35-32(18)45)9-20-15(3)19(7-8-27(40)41)23(34-20)12-33-30(25(39)11-28(42)43)16(4)24(38(33)37-33)10-22-29(26-13-46-26)17(5)31(44)36-22/h6,10,17,21-22,25-26,29,34,37,39H,1,7-9,11-13H2,2-5H3,(H,35,45)(H,36,44)(H,40,41)(H,42,43)/p+1/b24-10+/t17-,21-,22?,25+,26-,29-,33-,38?/m1/s1. The highest BCUT2D eigenvalue weighted by Crippen LogP contribution is 2.52. The molecule has 0 saturated carbocycles. The van der Waals surface area contributed by atoms with E-state index in [9.17, 15) is 34.5 Å². The number of hydrogen-bond donors (Lipinski definition) is 7. The molecule has 2 amide bonds. The van der Waals surface area contributed by atoms with Gasteiger partial charge in [-0.2, -0.15) is 0 Å². The lowest BCUT2D eigenvalue weighted by Gasteiger charge is -2.20. The summed E-state index contributed by atoms with van der Waals surface area (Å²) in [5, 5.41) is 39.0. The molecule has 0 spiro atoms. The van der Waals surface area contributed by atoms with Gasteiger partial charge in [0.25, 0.3) is 5.91 Å². The molecule has 5 aliphatic rings. The summed E-state index contributed by atoms with van der Waals surface area (Å²) < 4.78 is 0. The molecular formula is C33H42N5O7S+. The SMILES string of the molecule is C=CC1=C(C)[C@@H](Cc2[nH]c(C[C@@]34NN3/C(=C/C3NC(=O)[C@H](C)[C@H]3[C@H]3C[SH+]3)C(C)=C4[C@@H](O)CC(=O)O)c(CCC(=O)O)c2C)NC1=O. The molecule has 3 fully saturated rings. The number of carboxylic acids is 2. The summed E-state index contributed by atoms with van der Waals surface area (Å²) in [6.07, 6.45) is 2.83. The fraction of sp³-hybridized carbons (Fsp3) is 0.515. The monoisotopic (exact) mass is 652 g/mol. The van der Waals surface area contributed by atoms with Crippen LogP contribution in [0.15, 0.2) is 46.7 Å². The van der Waals surface area contributed by atoms with Gasteiger partial charge in [0.2, 0.25) is 5.91 Å². The Hall–Kier alpha value is -3.81. The molecular weight excluding hydrogens is 610 g/mol. The van der Waals surface area contributed by atoms with Crippen LogP contribution in [-0.4, -0.2) is 83.9 Å². The topological polar surface area (TPSA) is 194 Å². The zero-order chi connectivity index (χ0) is 33.2. The van der Waals surface area contributed by atoms with Crippen LogP contribution in [-0.2, 0) is 50.2 Å². The normalized spacial score (nSPS) is 31.4. The highest BCUT2D eigenvalue weighted by molar-refractivity contribution is 7.86. The number of thiol groups is 1. The quantitative estimate of drug-likeness (QED) is 0.0923. The summed E-state index contributed by atoms with van der Waals surface area (Å²) in [4.78, 5) is 52.1. The Bertz CT molecular complexity index is 1640. The maximum Gasteiger partial charge on any atom is 0.306 e. The first-order chi connectivity index (χ1) is 21.8. The van der Waals surface area contributed by atoms with Crippen molar-refractivity contribution in [3.8, 4) is 0 Å². The van der Waals surface area contributed by atoms with Crippen molar-refractivity contribution in [3.63, 3.8) is 0 Å². The van der Waals surface area contributed by atoms with E-state index in [1.165, 1.54) is 11.8 Å². The summed E-state index contributed by atoms with van der Waals surface area (Å²) in [6, 6.07) is -0.432. The summed E-state index contributed by atoms with van der Waals surface area (Å²) in [7, 11) is 0. The molecule has 1 unspecified atom stereocenters. The minimum Gasteiger partial charge on any atom is -0.481 e. The Morgan fingerprint density at radius 2 is 1.87 bits per heavy atom. The zero-order valence-electron chi connectivity index (χ0n) is 26.4. The minimum atomic E-state index is -1.27. The summed E-state index contributed by atoms with van der Waals surface area (Å²) in [6.45, 7) is 11.4. The number of aliphatic hydroxyl groups excluding tert-OH is 1. The van der Waals surface area contributed by atoms with Gasteiger partial charge in [-0.15, -0.1) is 0 Å². The van der Waals surface area contributed by atoms with E-state index in [4.69, 9.17) is 0 Å². The van der Waals surface area contributed by atoms with Gasteiger partial charge in [0.05, 0.1) is 30.3 Å². The van der Waals surface area contributed by atoms with E-state index in [0.717, 1.165) is 45.1 Å². The van der Waals surface area contributed by atoms with E-state index < -0.39 is 30.1 Å². The molecule has 1 aromatic rings. The molecule has 6 rings (SSSR count). The van der Waals surface area contributed by atoms with Crippen LogP contribution < -0.4 is 16.1 Å². The van der Waals surface area contributed by atoms with Gasteiger partial charge in [-0.05, 0) is 67.3 Å². The first-order valence-electron chi connectivity index (χ1n) is 15.7. The third-order valence-electron chi connectivity index (χ3n) is 10.4. The summed E-state index contributed by atoms with van der Waals surface area (Å²) in [5.41, 5.74) is 9.44. The van der Waals surface area contributed by atoms with Crippen LogP contribution in [0.5, 0.6) is 0 Å². The number of rotatable bonds is 13. The predicted molar refractivity (Wildman–Crippen MR) is 172 cm³/mol. The van der Waals surface area contributed by atoms with Gasteiger partial charge in [-0.25, -0.2) is 5.43 Å². The van der Waals surface area contributed by atoms with E-state index in [1.54, 1.807) is 6.08 Å². The number of amides is 2. The highest BCUT2D eigenvalue weighted by Gasteiger charge is 2.64. The second-order valence-corrected chi connectivity index (χ2v) is 14.5. The molecule has 0 aliphatic carbocycles. The van der Waals surface area contributed by atoms with E-state index in [2.05, 4.69) is 27.6 Å². The number of aliphatic carboxylic acids is 2. The molecule has 5 aliphatic heterocycles. The first-order valence-corrected chi connectivity index (χ1v) is 16.9. The van der Waals surface area contributed by atoms with Crippen molar-refractivity contribution in [2.24, 2.45) is 11.8 Å². The first kappa shape index (κ1) is 32.1. The number of H-pyrrole nitrogens is 1. The van der Waals surface area contributed by atoms with Crippen LogP contribution in [0.25, 0.3) is 0 Å². The van der Waals surface area contributed by atoms with Crippen molar-refractivity contribution in [1.29, 1.82) is 0 Å². The smallest absolute Gasteiger partial charge is 0.306 e. The van der Waals surface area contributed by atoms with Crippen molar-refractivity contribution in [2.45, 2.75) is 88.9 Å². The predicted octanol–water partition coefficient (Wildman–Crippen LogP) is 0.940. The van der Waals surface area contributed by atoms with Gasteiger partial charge in [0.15, 0.2) is 16.7 Å². The molecule has 12 nitrogen and oxygen atoms in total. The van der Waals surface area contributed by atoms with Crippen LogP contribution in [0.4, 0.5) is 0 Å². The lowest BCUT2D eigenvalue weighted by Crippen LogP contribution is -2.32. The molecule has 6 heterocycles. The Labute approximate surface area is 271 Å². The van der Waals surface area contributed by atoms with Crippen LogP contribution in [0, 0.1) is 18.8 Å². The fourth-order valence-corrected chi connectivity index (χ4v) is 8.87. The Morgan fingerprint density at radius 1 is 1.15 bits per heavy atom. The van der Waals surface area contributed by atoms with Gasteiger partial charge in [-0.1, -0.05) is 19.6 Å². The van der Waals surface area contributed by atoms with Gasteiger partial charge >= 0.3 is 11.9 Å². The number of carboxylic acid groups (broad SMARTS) is 2. The van der Waals surface area contributed by atoms with Crippen molar-refractivity contribution >= 4 is 35.5 Å². The second-order valence-electron chi connectivity index (χ2n) is 13.1. The number of nitrogens with zero attached hydrogens (tertiary/aromatic N) is 1. The molecule has 0 bridgehead atoms. The molecule has 0 aromatic carbocycles. The number of fused-ring (bicyclic) bond motifs is 1. The van der Waals surface area contributed by atoms with Gasteiger partial charge in [0.1, 0.15) is 0 Å². The Morgan fingerprint density at radius 3 is 2.48 bits per heavy atom. The van der Waals surface area contributed by atoms with Crippen molar-refractivity contribution in [3.05, 3.63) is 69.2 Å². The lowest BCUT2D eigenvalue weighted by molar-refractivity contribution is -0.139. The Kier molecular flexibility index (Phi) is 8.22. The second kappa shape index (κ2) is 11.8. The van der Waals surface area contributed by atoms with Crippen LogP contribution >= 0.6 is 0 Å². The lowest BCUT2D eigenvalue weighted by atomic mass is 9.87. The molecule has 1 aromatic heterocycles. The fourth-order valence-electron chi connectivity index (χ4n) is 7.82. The Balaban J connectivity index is 1.36. The number of carbonyl (C=O) groups excluding carboxylic acids is 2. The number of aromatic nitrogens is 1. The number of aliphatic hydroxyl groups is 1. The van der Waals surface area contributed by atoms with E-state index in [1.807, 2.05) is 38.8 Å². The third-order valence-corrected chi connectivity index (χ3v) is 11.5. The molecule has 246 valence electrons. The number of hydrogen-bond acceptors (Lipinski definition) is 7. The largest absolute Gasteiger partial charge is 0.481 e. The van der Waals surface area contributed by atoms with Crippen LogP contribution in [0.1, 0.15) is 56.1 Å². The summed E-state index contributed by atoms with van der Waals surface area (Å²) in [5.74, 6) is -1.10. The van der Waals surface area contributed by atoms with Crippen molar-refractivity contribution < 1.29 is 34.5 Å². The number of allylic oxidation sites excluding steroid dienone is 1. The molecule has 13 heteroatoms. The maximum absolute atomic E-state index is 12.7. The molecule has 3 saturated heterocycles. The molecule has 0 radical (unpaired) electrons. The van der Waals surface area contributed by atoms with E-state index in [-0.39, 0.29) is 48.6 Å². The maximum atomic E-state index is 12.7.